The molecule has 0 aliphatic heterocycles. The number of hydrogen-bond acceptors (Lipinski definition) is 6. The van der Waals surface area contributed by atoms with Crippen LogP contribution in [0.1, 0.15) is 11.1 Å². The first-order chi connectivity index (χ1) is 14.5. The Hall–Kier alpha value is -2.78. The summed E-state index contributed by atoms with van der Waals surface area (Å²) in [4.78, 5) is 35.9. The summed E-state index contributed by atoms with van der Waals surface area (Å²) in [6, 6.07) is 18.7. The standard InChI is InChI=1S/C22H28N2O6/c1-23(27-3)21(25)19(29-15-17-11-7-5-8-12-17)20(22(26)24(2)28-4)30-16-18-13-9-6-10-14-18/h5-14,19-20H,15-16H2,1-4H3/t19-,20-/m1/s1. The summed E-state index contributed by atoms with van der Waals surface area (Å²) in [7, 11) is 5.60. The number of hydroxylamine groups is 4. The zero-order chi connectivity index (χ0) is 21.9. The van der Waals surface area contributed by atoms with Crippen LogP contribution in [0.15, 0.2) is 60.7 Å². The van der Waals surface area contributed by atoms with Crippen LogP contribution >= 0.6 is 0 Å². The fraction of sp³-hybridized carbons (Fsp3) is 0.364. The van der Waals surface area contributed by atoms with E-state index in [1.807, 2.05) is 60.7 Å². The molecule has 0 N–H and O–H groups in total. The Kier molecular flexibility index (Phi) is 9.43. The molecular weight excluding hydrogens is 388 g/mol. The predicted octanol–water partition coefficient (Wildman–Crippen LogP) is 2.20. The highest BCUT2D eigenvalue weighted by molar-refractivity contribution is 5.90. The molecule has 0 bridgehead atoms. The minimum atomic E-state index is -1.25. The quantitative estimate of drug-likeness (QED) is 0.523. The number of benzene rings is 2. The second-order valence-corrected chi connectivity index (χ2v) is 6.47. The van der Waals surface area contributed by atoms with E-state index in [9.17, 15) is 9.59 Å². The Morgan fingerprint density at radius 2 is 1.03 bits per heavy atom. The van der Waals surface area contributed by atoms with Gasteiger partial charge in [0.15, 0.2) is 12.2 Å². The lowest BCUT2D eigenvalue weighted by atomic mass is 10.1. The van der Waals surface area contributed by atoms with Crippen molar-refractivity contribution in [3.63, 3.8) is 0 Å². The zero-order valence-corrected chi connectivity index (χ0v) is 17.7. The van der Waals surface area contributed by atoms with Crippen molar-refractivity contribution in [2.75, 3.05) is 28.3 Å². The summed E-state index contributed by atoms with van der Waals surface area (Å²) >= 11 is 0. The van der Waals surface area contributed by atoms with Crippen LogP contribution in [0.25, 0.3) is 0 Å². The van der Waals surface area contributed by atoms with Crippen molar-refractivity contribution in [1.29, 1.82) is 0 Å². The molecule has 8 heteroatoms. The third-order valence-electron chi connectivity index (χ3n) is 4.47. The van der Waals surface area contributed by atoms with Crippen molar-refractivity contribution >= 4 is 11.8 Å². The van der Waals surface area contributed by atoms with Crippen LogP contribution in [-0.2, 0) is 42.0 Å². The summed E-state index contributed by atoms with van der Waals surface area (Å²) < 4.78 is 11.8. The van der Waals surface area contributed by atoms with Gasteiger partial charge < -0.3 is 9.47 Å². The van der Waals surface area contributed by atoms with Gasteiger partial charge in [-0.05, 0) is 11.1 Å². The largest absolute Gasteiger partial charge is 0.360 e. The van der Waals surface area contributed by atoms with Crippen molar-refractivity contribution in [2.24, 2.45) is 0 Å². The molecule has 0 unspecified atom stereocenters. The molecule has 2 rings (SSSR count). The smallest absolute Gasteiger partial charge is 0.278 e. The lowest BCUT2D eigenvalue weighted by Gasteiger charge is -2.30. The maximum absolute atomic E-state index is 12.9. The highest BCUT2D eigenvalue weighted by atomic mass is 16.7. The van der Waals surface area contributed by atoms with E-state index >= 15 is 0 Å². The van der Waals surface area contributed by atoms with E-state index in [1.54, 1.807) is 0 Å². The van der Waals surface area contributed by atoms with Gasteiger partial charge in [-0.2, -0.15) is 0 Å². The van der Waals surface area contributed by atoms with Gasteiger partial charge in [0, 0.05) is 14.1 Å². The molecule has 0 spiro atoms. The van der Waals surface area contributed by atoms with Gasteiger partial charge in [0.1, 0.15) is 0 Å². The highest BCUT2D eigenvalue weighted by Crippen LogP contribution is 2.16. The molecule has 0 saturated carbocycles. The Bertz CT molecular complexity index is 719. The zero-order valence-electron chi connectivity index (χ0n) is 17.7. The van der Waals surface area contributed by atoms with E-state index < -0.39 is 24.0 Å². The van der Waals surface area contributed by atoms with Gasteiger partial charge >= 0.3 is 0 Å². The molecule has 8 nitrogen and oxygen atoms in total. The van der Waals surface area contributed by atoms with E-state index in [2.05, 4.69) is 0 Å². The monoisotopic (exact) mass is 416 g/mol. The van der Waals surface area contributed by atoms with Gasteiger partial charge in [-0.1, -0.05) is 60.7 Å². The van der Waals surface area contributed by atoms with Gasteiger partial charge in [-0.15, -0.1) is 0 Å². The molecule has 0 saturated heterocycles. The third-order valence-corrected chi connectivity index (χ3v) is 4.47. The van der Waals surface area contributed by atoms with Crippen LogP contribution in [0.3, 0.4) is 0 Å². The number of amides is 2. The van der Waals surface area contributed by atoms with Crippen molar-refractivity contribution in [2.45, 2.75) is 25.4 Å². The van der Waals surface area contributed by atoms with Gasteiger partial charge in [0.05, 0.1) is 27.4 Å². The summed E-state index contributed by atoms with van der Waals surface area (Å²) in [5, 5.41) is 2.02. The summed E-state index contributed by atoms with van der Waals surface area (Å²) in [5.41, 5.74) is 1.70. The molecule has 30 heavy (non-hydrogen) atoms. The lowest BCUT2D eigenvalue weighted by Crippen LogP contribution is -2.52. The average molecular weight is 416 g/mol. The molecule has 2 aromatic carbocycles. The molecule has 0 aliphatic rings. The lowest BCUT2D eigenvalue weighted by molar-refractivity contribution is -0.206. The van der Waals surface area contributed by atoms with Crippen molar-refractivity contribution in [1.82, 2.24) is 10.1 Å². The minimum absolute atomic E-state index is 0.115. The molecule has 2 aromatic rings. The Balaban J connectivity index is 2.28. The number of likely N-dealkylation sites (N-methyl/N-ethyl adjacent to an activating group) is 2. The van der Waals surface area contributed by atoms with Crippen molar-refractivity contribution in [3.05, 3.63) is 71.8 Å². The van der Waals surface area contributed by atoms with Crippen LogP contribution in [0.5, 0.6) is 0 Å². The van der Waals surface area contributed by atoms with Gasteiger partial charge in [-0.25, -0.2) is 10.1 Å². The second-order valence-electron chi connectivity index (χ2n) is 6.47. The number of rotatable bonds is 11. The van der Waals surface area contributed by atoms with E-state index in [4.69, 9.17) is 19.1 Å². The van der Waals surface area contributed by atoms with E-state index in [-0.39, 0.29) is 13.2 Å². The van der Waals surface area contributed by atoms with E-state index in [0.717, 1.165) is 21.3 Å². The first-order valence-electron chi connectivity index (χ1n) is 9.42. The Labute approximate surface area is 176 Å². The molecule has 2 amide bonds. The molecule has 2 atom stereocenters. The maximum Gasteiger partial charge on any atom is 0.278 e. The fourth-order valence-corrected chi connectivity index (χ4v) is 2.64. The molecule has 162 valence electrons. The molecule has 0 radical (unpaired) electrons. The van der Waals surface area contributed by atoms with Crippen LogP contribution in [-0.4, -0.2) is 62.5 Å². The summed E-state index contributed by atoms with van der Waals surface area (Å²) in [6.07, 6.45) is -2.49. The van der Waals surface area contributed by atoms with Gasteiger partial charge in [0.2, 0.25) is 0 Å². The molecule has 0 aromatic heterocycles. The number of nitrogens with zero attached hydrogens (tertiary/aromatic N) is 2. The second kappa shape index (κ2) is 12.0. The normalized spacial score (nSPS) is 12.8. The molecule has 0 heterocycles. The predicted molar refractivity (Wildman–Crippen MR) is 110 cm³/mol. The summed E-state index contributed by atoms with van der Waals surface area (Å²) in [6.45, 7) is 0.230. The average Bonchev–Trinajstić information content (AvgIpc) is 2.80. The number of ether oxygens (including phenoxy) is 2. The number of hydrogen-bond donors (Lipinski definition) is 0. The Morgan fingerprint density at radius 3 is 1.33 bits per heavy atom. The Morgan fingerprint density at radius 1 is 0.700 bits per heavy atom. The van der Waals surface area contributed by atoms with Crippen molar-refractivity contribution in [3.8, 4) is 0 Å². The SMILES string of the molecule is CON(C)C(=O)[C@H](OCc1ccccc1)[C@@H](OCc1ccccc1)C(=O)N(C)OC. The van der Waals surface area contributed by atoms with E-state index in [0.29, 0.717) is 0 Å². The molecule has 0 fully saturated rings. The van der Waals surface area contributed by atoms with E-state index in [1.165, 1.54) is 28.3 Å². The molecule has 0 aliphatic carbocycles. The topological polar surface area (TPSA) is 77.5 Å². The first kappa shape index (κ1) is 23.5. The summed E-state index contributed by atoms with van der Waals surface area (Å²) in [5.74, 6) is -1.10. The highest BCUT2D eigenvalue weighted by Gasteiger charge is 2.39. The van der Waals surface area contributed by atoms with Gasteiger partial charge in [0.25, 0.3) is 11.8 Å². The first-order valence-corrected chi connectivity index (χ1v) is 9.42. The maximum atomic E-state index is 12.9. The van der Waals surface area contributed by atoms with Crippen LogP contribution < -0.4 is 0 Å². The number of carbonyl (C=O) groups is 2. The molecular formula is C22H28N2O6. The van der Waals surface area contributed by atoms with Crippen LogP contribution in [0, 0.1) is 0 Å². The third kappa shape index (κ3) is 6.64. The van der Waals surface area contributed by atoms with Crippen LogP contribution in [0.2, 0.25) is 0 Å². The minimum Gasteiger partial charge on any atom is -0.360 e. The van der Waals surface area contributed by atoms with Gasteiger partial charge in [-0.3, -0.25) is 19.3 Å². The fourth-order valence-electron chi connectivity index (χ4n) is 2.64. The van der Waals surface area contributed by atoms with Crippen LogP contribution in [0.4, 0.5) is 0 Å². The van der Waals surface area contributed by atoms with Crippen molar-refractivity contribution < 1.29 is 28.7 Å². The number of carbonyl (C=O) groups excluding carboxylic acids is 2.